The van der Waals surface area contributed by atoms with Crippen molar-refractivity contribution < 1.29 is 0 Å². The van der Waals surface area contributed by atoms with Gasteiger partial charge in [-0.25, -0.2) is 15.0 Å². The number of unbranched alkanes of at least 4 members (excludes halogenated alkanes) is 33. The highest BCUT2D eigenvalue weighted by Gasteiger charge is 2.21. The summed E-state index contributed by atoms with van der Waals surface area (Å²) in [6.07, 6.45) is 48.6. The largest absolute Gasteiger partial charge is 0.324 e. The quantitative estimate of drug-likeness (QED) is 0.0359. The second-order valence-corrected chi connectivity index (χ2v) is 22.7. The third kappa shape index (κ3) is 18.5. The van der Waals surface area contributed by atoms with E-state index in [0.29, 0.717) is 0 Å². The van der Waals surface area contributed by atoms with Crippen LogP contribution in [0.1, 0.15) is 252 Å². The third-order valence-corrected chi connectivity index (χ3v) is 16.4. The second-order valence-electron chi connectivity index (χ2n) is 22.7. The number of aromatic nitrogens is 6. The van der Waals surface area contributed by atoms with Crippen molar-refractivity contribution in [2.75, 3.05) is 0 Å². The molecule has 0 bridgehead atoms. The fourth-order valence-corrected chi connectivity index (χ4v) is 11.9. The Bertz CT molecular complexity index is 2330. The zero-order chi connectivity index (χ0) is 52.0. The molecule has 0 amide bonds. The molecule has 0 aliphatic carbocycles. The molecule has 0 aliphatic rings. The zero-order valence-corrected chi connectivity index (χ0v) is 47.9. The van der Waals surface area contributed by atoms with Gasteiger partial charge in [0, 0.05) is 36.3 Å². The van der Waals surface area contributed by atoms with Crippen molar-refractivity contribution in [3.8, 4) is 34.2 Å². The summed E-state index contributed by atoms with van der Waals surface area (Å²) in [5.41, 5.74) is 10.3. The van der Waals surface area contributed by atoms with Gasteiger partial charge in [0.2, 0.25) is 0 Å². The molecule has 0 radical (unpaired) electrons. The van der Waals surface area contributed by atoms with Crippen LogP contribution in [0.15, 0.2) is 91.0 Å². The van der Waals surface area contributed by atoms with Gasteiger partial charge in [-0.3, -0.25) is 0 Å². The summed E-state index contributed by atoms with van der Waals surface area (Å²) in [6.45, 7) is 9.81. The molecule has 0 unspecified atom stereocenters. The number of hydrogen-bond donors (Lipinski definition) is 0. The van der Waals surface area contributed by atoms with Crippen LogP contribution in [0, 0.1) is 0 Å². The first-order chi connectivity index (χ1) is 37.2. The van der Waals surface area contributed by atoms with Gasteiger partial charge >= 0.3 is 0 Å². The summed E-state index contributed by atoms with van der Waals surface area (Å²) < 4.78 is 7.58. The monoisotopic (exact) mass is 1010 g/mol. The van der Waals surface area contributed by atoms with E-state index in [1.165, 1.54) is 228 Å². The molecule has 408 valence electrons. The van der Waals surface area contributed by atoms with Gasteiger partial charge in [0.1, 0.15) is 17.5 Å². The molecular formula is C69H102N6. The van der Waals surface area contributed by atoms with Crippen molar-refractivity contribution in [3.05, 3.63) is 91.0 Å². The Balaban J connectivity index is 1.13. The highest BCUT2D eigenvalue weighted by Crippen LogP contribution is 2.37. The van der Waals surface area contributed by atoms with E-state index in [1.807, 2.05) is 0 Å². The minimum absolute atomic E-state index is 0.960. The summed E-state index contributed by atoms with van der Waals surface area (Å²) in [4.78, 5) is 16.5. The Labute approximate surface area is 456 Å². The number of nitrogens with zero attached hydrogens (tertiary/aromatic N) is 6. The van der Waals surface area contributed by atoms with Crippen molar-refractivity contribution in [2.45, 2.75) is 272 Å². The average Bonchev–Trinajstić information content (AvgIpc) is 4.14. The van der Waals surface area contributed by atoms with Crippen LogP contribution in [-0.2, 0) is 19.6 Å². The van der Waals surface area contributed by atoms with Crippen LogP contribution in [0.3, 0.4) is 0 Å². The Hall–Kier alpha value is -4.71. The summed E-state index contributed by atoms with van der Waals surface area (Å²) in [6, 6.07) is 33.6. The lowest BCUT2D eigenvalue weighted by atomic mass is 10.0. The van der Waals surface area contributed by atoms with Gasteiger partial charge in [0.05, 0.1) is 33.1 Å². The van der Waals surface area contributed by atoms with Gasteiger partial charge in [0.25, 0.3) is 0 Å². The van der Waals surface area contributed by atoms with Gasteiger partial charge in [-0.05, 0) is 73.9 Å². The van der Waals surface area contributed by atoms with E-state index in [0.717, 1.165) is 89.6 Å². The predicted octanol–water partition coefficient (Wildman–Crippen LogP) is 21.8. The average molecular weight is 1020 g/mol. The summed E-state index contributed by atoms with van der Waals surface area (Å²) >= 11 is 0. The first-order valence-electron chi connectivity index (χ1n) is 31.7. The van der Waals surface area contributed by atoms with Crippen molar-refractivity contribution in [1.82, 2.24) is 28.7 Å². The molecule has 7 rings (SSSR count). The van der Waals surface area contributed by atoms with Crippen LogP contribution in [0.2, 0.25) is 0 Å². The lowest BCUT2D eigenvalue weighted by molar-refractivity contribution is 0.531. The number of rotatable bonds is 42. The molecule has 0 atom stereocenters. The van der Waals surface area contributed by atoms with Crippen LogP contribution < -0.4 is 0 Å². The molecule has 6 heteroatoms. The van der Waals surface area contributed by atoms with Crippen LogP contribution >= 0.6 is 0 Å². The van der Waals surface area contributed by atoms with Gasteiger partial charge in [-0.2, -0.15) is 0 Å². The molecule has 3 heterocycles. The van der Waals surface area contributed by atoms with Gasteiger partial charge in [-0.1, -0.05) is 269 Å². The first-order valence-corrected chi connectivity index (χ1v) is 31.7. The van der Waals surface area contributed by atoms with Crippen molar-refractivity contribution in [2.24, 2.45) is 0 Å². The Morgan fingerprint density at radius 1 is 0.253 bits per heavy atom. The Morgan fingerprint density at radius 2 is 0.453 bits per heavy atom. The highest BCUT2D eigenvalue weighted by atomic mass is 15.1. The van der Waals surface area contributed by atoms with Crippen LogP contribution in [-0.4, -0.2) is 28.7 Å². The van der Waals surface area contributed by atoms with Crippen LogP contribution in [0.25, 0.3) is 67.3 Å². The lowest BCUT2D eigenvalue weighted by Gasteiger charge is -2.15. The van der Waals surface area contributed by atoms with Crippen molar-refractivity contribution in [3.63, 3.8) is 0 Å². The minimum Gasteiger partial charge on any atom is -0.324 e. The second kappa shape index (κ2) is 34.1. The molecule has 7 aromatic rings. The van der Waals surface area contributed by atoms with Gasteiger partial charge in [0.15, 0.2) is 0 Å². The molecule has 3 aromatic heterocycles. The molecule has 4 aromatic carbocycles. The third-order valence-electron chi connectivity index (χ3n) is 16.4. The number of imidazole rings is 3. The topological polar surface area (TPSA) is 53.5 Å². The zero-order valence-electron chi connectivity index (χ0n) is 47.9. The molecule has 0 saturated heterocycles. The smallest absolute Gasteiger partial charge is 0.141 e. The van der Waals surface area contributed by atoms with E-state index in [9.17, 15) is 0 Å². The van der Waals surface area contributed by atoms with E-state index in [-0.39, 0.29) is 0 Å². The fourth-order valence-electron chi connectivity index (χ4n) is 11.9. The van der Waals surface area contributed by atoms with E-state index < -0.39 is 0 Å². The Morgan fingerprint density at radius 3 is 0.680 bits per heavy atom. The van der Waals surface area contributed by atoms with Gasteiger partial charge in [-0.15, -0.1) is 0 Å². The molecule has 0 N–H and O–H groups in total. The standard InChI is InChI=1S/C69H102N6/c1-4-7-10-13-16-19-22-25-28-31-34-43-52-73-64-49-40-37-46-61(64)70-67(73)58-55-59(68-71-62-47-38-41-50-65(62)74(68)53-44-35-32-29-26-23-20-17-14-11-8-5-2)57-60(56-58)69-72-63-48-39-42-51-66(63)75(69)54-45-36-33-30-27-24-21-18-15-12-9-6-3/h37-42,46-51,55-57H,4-36,43-45,52-54H2,1-3H3. The number of benzene rings is 4. The van der Waals surface area contributed by atoms with Crippen LogP contribution in [0.4, 0.5) is 0 Å². The molecule has 6 nitrogen and oxygen atoms in total. The molecule has 0 fully saturated rings. The molecular weight excluding hydrogens is 913 g/mol. The SMILES string of the molecule is CCCCCCCCCCCCCCn1c(-c2cc(-c3nc4ccccc4n3CCCCCCCCCCCCCC)cc(-c3nc4ccccc4n3CCCCCCCCCCCCCC)c2)nc2ccccc21. The van der Waals surface area contributed by atoms with E-state index in [4.69, 9.17) is 15.0 Å². The van der Waals surface area contributed by atoms with E-state index in [1.54, 1.807) is 0 Å². The Kier molecular flexibility index (Phi) is 26.4. The maximum atomic E-state index is 5.49. The molecule has 0 aliphatic heterocycles. The first kappa shape index (κ1) is 58.0. The normalized spacial score (nSPS) is 11.9. The maximum absolute atomic E-state index is 5.49. The molecule has 0 spiro atoms. The number of para-hydroxylation sites is 6. The van der Waals surface area contributed by atoms with E-state index >= 15 is 0 Å². The van der Waals surface area contributed by atoms with Gasteiger partial charge < -0.3 is 13.7 Å². The molecule has 0 saturated carbocycles. The summed E-state index contributed by atoms with van der Waals surface area (Å²) in [7, 11) is 0. The summed E-state index contributed by atoms with van der Waals surface area (Å²) in [5, 5.41) is 0. The maximum Gasteiger partial charge on any atom is 0.141 e. The van der Waals surface area contributed by atoms with Crippen molar-refractivity contribution in [1.29, 1.82) is 0 Å². The predicted molar refractivity (Wildman–Crippen MR) is 326 cm³/mol. The van der Waals surface area contributed by atoms with E-state index in [2.05, 4.69) is 125 Å². The van der Waals surface area contributed by atoms with Crippen molar-refractivity contribution >= 4 is 33.1 Å². The fraction of sp³-hybridized carbons (Fsp3) is 0.609. The number of aryl methyl sites for hydroxylation is 3. The summed E-state index contributed by atoms with van der Waals surface area (Å²) in [5.74, 6) is 3.15. The van der Waals surface area contributed by atoms with Crippen LogP contribution in [0.5, 0.6) is 0 Å². The number of hydrogen-bond acceptors (Lipinski definition) is 3. The lowest BCUT2D eigenvalue weighted by Crippen LogP contribution is -2.05. The molecule has 75 heavy (non-hydrogen) atoms. The minimum atomic E-state index is 0.960. The highest BCUT2D eigenvalue weighted by molar-refractivity contribution is 5.87. The number of fused-ring (bicyclic) bond motifs is 3.